The lowest BCUT2D eigenvalue weighted by Gasteiger charge is -2.18. The van der Waals surface area contributed by atoms with Crippen LogP contribution in [0.2, 0.25) is 0 Å². The molecule has 1 N–H and O–H groups in total. The second-order valence-corrected chi connectivity index (χ2v) is 4.69. The van der Waals surface area contributed by atoms with Gasteiger partial charge in [0.2, 0.25) is 5.88 Å². The highest BCUT2D eigenvalue weighted by molar-refractivity contribution is 5.39. The van der Waals surface area contributed by atoms with Crippen molar-refractivity contribution in [2.24, 2.45) is 5.92 Å². The van der Waals surface area contributed by atoms with E-state index in [-0.39, 0.29) is 0 Å². The fourth-order valence-electron chi connectivity index (χ4n) is 1.41. The molecular formula is C13H24N4O. The molecular weight excluding hydrogens is 228 g/mol. The number of likely N-dealkylation sites (N-methyl/N-ethyl adjacent to an activating group) is 2. The molecule has 1 heterocycles. The van der Waals surface area contributed by atoms with Crippen LogP contribution in [-0.2, 0) is 0 Å². The standard InChI is InChI=1S/C13H24N4O/c1-5-14-6-7-17(4)12-8-13(16-10-15-12)18-9-11(2)3/h8,10-11,14H,5-7,9H2,1-4H3. The van der Waals surface area contributed by atoms with Crippen molar-refractivity contribution in [1.82, 2.24) is 15.3 Å². The minimum Gasteiger partial charge on any atom is -0.477 e. The second kappa shape index (κ2) is 7.87. The van der Waals surface area contributed by atoms with Crippen molar-refractivity contribution in [2.75, 3.05) is 38.2 Å². The molecule has 0 aliphatic carbocycles. The van der Waals surface area contributed by atoms with Crippen molar-refractivity contribution in [2.45, 2.75) is 20.8 Å². The third-order valence-corrected chi connectivity index (χ3v) is 2.46. The molecule has 102 valence electrons. The van der Waals surface area contributed by atoms with Crippen LogP contribution in [0.1, 0.15) is 20.8 Å². The predicted molar refractivity (Wildman–Crippen MR) is 74.2 cm³/mol. The SMILES string of the molecule is CCNCCN(C)c1cc(OCC(C)C)ncn1. The highest BCUT2D eigenvalue weighted by atomic mass is 16.5. The molecule has 0 radical (unpaired) electrons. The maximum atomic E-state index is 5.59. The summed E-state index contributed by atoms with van der Waals surface area (Å²) >= 11 is 0. The molecule has 5 nitrogen and oxygen atoms in total. The number of anilines is 1. The van der Waals surface area contributed by atoms with E-state index in [0.29, 0.717) is 18.4 Å². The molecule has 18 heavy (non-hydrogen) atoms. The topological polar surface area (TPSA) is 50.3 Å². The van der Waals surface area contributed by atoms with Crippen LogP contribution in [0.3, 0.4) is 0 Å². The maximum Gasteiger partial charge on any atom is 0.218 e. The van der Waals surface area contributed by atoms with Crippen molar-refractivity contribution < 1.29 is 4.74 Å². The number of aromatic nitrogens is 2. The normalized spacial score (nSPS) is 10.7. The van der Waals surface area contributed by atoms with E-state index in [0.717, 1.165) is 25.5 Å². The lowest BCUT2D eigenvalue weighted by Crippen LogP contribution is -2.29. The fourth-order valence-corrected chi connectivity index (χ4v) is 1.41. The monoisotopic (exact) mass is 252 g/mol. The molecule has 1 rings (SSSR count). The minimum atomic E-state index is 0.495. The van der Waals surface area contributed by atoms with E-state index >= 15 is 0 Å². The molecule has 0 spiro atoms. The summed E-state index contributed by atoms with van der Waals surface area (Å²) in [6, 6.07) is 1.88. The Labute approximate surface area is 110 Å². The van der Waals surface area contributed by atoms with Crippen molar-refractivity contribution in [3.05, 3.63) is 12.4 Å². The molecule has 5 heteroatoms. The summed E-state index contributed by atoms with van der Waals surface area (Å²) in [7, 11) is 2.02. The zero-order valence-corrected chi connectivity index (χ0v) is 11.8. The van der Waals surface area contributed by atoms with E-state index in [1.54, 1.807) is 6.33 Å². The van der Waals surface area contributed by atoms with Crippen LogP contribution in [0.15, 0.2) is 12.4 Å². The number of nitrogens with one attached hydrogen (secondary N) is 1. The number of ether oxygens (including phenoxy) is 1. The van der Waals surface area contributed by atoms with Gasteiger partial charge in [-0.15, -0.1) is 0 Å². The zero-order valence-electron chi connectivity index (χ0n) is 11.8. The van der Waals surface area contributed by atoms with Gasteiger partial charge in [0.1, 0.15) is 12.1 Å². The lowest BCUT2D eigenvalue weighted by atomic mass is 10.2. The predicted octanol–water partition coefficient (Wildman–Crippen LogP) is 1.56. The second-order valence-electron chi connectivity index (χ2n) is 4.69. The molecule has 1 aromatic heterocycles. The summed E-state index contributed by atoms with van der Waals surface area (Å²) in [5.74, 6) is 2.03. The van der Waals surface area contributed by atoms with Crippen molar-refractivity contribution in [3.8, 4) is 5.88 Å². The first-order valence-corrected chi connectivity index (χ1v) is 6.50. The first kappa shape index (κ1) is 14.7. The molecule has 0 saturated heterocycles. The quantitative estimate of drug-likeness (QED) is 0.712. The van der Waals surface area contributed by atoms with Crippen LogP contribution in [0.4, 0.5) is 5.82 Å². The molecule has 1 aromatic rings. The van der Waals surface area contributed by atoms with Gasteiger partial charge < -0.3 is 15.0 Å². The molecule has 0 fully saturated rings. The van der Waals surface area contributed by atoms with Gasteiger partial charge in [0, 0.05) is 26.2 Å². The molecule has 0 aliphatic rings. The Morgan fingerprint density at radius 2 is 2.17 bits per heavy atom. The van der Waals surface area contributed by atoms with Gasteiger partial charge >= 0.3 is 0 Å². The Kier molecular flexibility index (Phi) is 6.43. The molecule has 0 atom stereocenters. The third kappa shape index (κ3) is 5.31. The molecule has 0 bridgehead atoms. The highest BCUT2D eigenvalue weighted by Gasteiger charge is 2.05. The van der Waals surface area contributed by atoms with Gasteiger partial charge in [0.15, 0.2) is 0 Å². The van der Waals surface area contributed by atoms with Crippen molar-refractivity contribution in [3.63, 3.8) is 0 Å². The summed E-state index contributed by atoms with van der Waals surface area (Å²) in [4.78, 5) is 10.5. The van der Waals surface area contributed by atoms with Gasteiger partial charge in [-0.05, 0) is 12.5 Å². The summed E-state index contributed by atoms with van der Waals surface area (Å²) in [5.41, 5.74) is 0. The zero-order chi connectivity index (χ0) is 13.4. The molecule has 0 aromatic carbocycles. The number of hydrogen-bond acceptors (Lipinski definition) is 5. The van der Waals surface area contributed by atoms with E-state index in [4.69, 9.17) is 4.74 Å². The first-order chi connectivity index (χ1) is 8.63. The van der Waals surface area contributed by atoms with Gasteiger partial charge in [0.25, 0.3) is 0 Å². The molecule has 0 unspecified atom stereocenters. The Hall–Kier alpha value is -1.36. The summed E-state index contributed by atoms with van der Waals surface area (Å²) in [5, 5.41) is 3.29. The van der Waals surface area contributed by atoms with Gasteiger partial charge in [0.05, 0.1) is 6.61 Å². The number of rotatable bonds is 8. The molecule has 0 saturated carbocycles. The van der Waals surface area contributed by atoms with E-state index in [1.165, 1.54) is 0 Å². The van der Waals surface area contributed by atoms with Gasteiger partial charge in [-0.3, -0.25) is 0 Å². The summed E-state index contributed by atoms with van der Waals surface area (Å²) in [6.07, 6.45) is 1.55. The average Bonchev–Trinajstić information content (AvgIpc) is 2.37. The van der Waals surface area contributed by atoms with E-state index in [1.807, 2.05) is 13.1 Å². The maximum absolute atomic E-state index is 5.59. The third-order valence-electron chi connectivity index (χ3n) is 2.46. The average molecular weight is 252 g/mol. The van der Waals surface area contributed by atoms with Crippen LogP contribution in [0.5, 0.6) is 5.88 Å². The highest BCUT2D eigenvalue weighted by Crippen LogP contribution is 2.14. The first-order valence-electron chi connectivity index (χ1n) is 6.50. The minimum absolute atomic E-state index is 0.495. The van der Waals surface area contributed by atoms with Crippen LogP contribution < -0.4 is 15.0 Å². The lowest BCUT2D eigenvalue weighted by molar-refractivity contribution is 0.261. The van der Waals surface area contributed by atoms with Gasteiger partial charge in [-0.25, -0.2) is 9.97 Å². The molecule has 0 aliphatic heterocycles. The fraction of sp³-hybridized carbons (Fsp3) is 0.692. The Morgan fingerprint density at radius 3 is 2.83 bits per heavy atom. The van der Waals surface area contributed by atoms with E-state index < -0.39 is 0 Å². The van der Waals surface area contributed by atoms with E-state index in [2.05, 4.69) is 41.0 Å². The van der Waals surface area contributed by atoms with Crippen molar-refractivity contribution >= 4 is 5.82 Å². The van der Waals surface area contributed by atoms with E-state index in [9.17, 15) is 0 Å². The summed E-state index contributed by atoms with van der Waals surface area (Å²) in [6.45, 7) is 9.85. The smallest absolute Gasteiger partial charge is 0.218 e. The largest absolute Gasteiger partial charge is 0.477 e. The van der Waals surface area contributed by atoms with Crippen LogP contribution in [0.25, 0.3) is 0 Å². The molecule has 0 amide bonds. The Balaban J connectivity index is 2.52. The Bertz CT molecular complexity index is 344. The Morgan fingerprint density at radius 1 is 1.39 bits per heavy atom. The van der Waals surface area contributed by atoms with Gasteiger partial charge in [-0.1, -0.05) is 20.8 Å². The summed E-state index contributed by atoms with van der Waals surface area (Å²) < 4.78 is 5.59. The van der Waals surface area contributed by atoms with Crippen LogP contribution in [-0.4, -0.2) is 43.3 Å². The van der Waals surface area contributed by atoms with Crippen molar-refractivity contribution in [1.29, 1.82) is 0 Å². The number of hydrogen-bond donors (Lipinski definition) is 1. The number of nitrogens with zero attached hydrogens (tertiary/aromatic N) is 3. The van der Waals surface area contributed by atoms with Crippen LogP contribution >= 0.6 is 0 Å². The van der Waals surface area contributed by atoms with Gasteiger partial charge in [-0.2, -0.15) is 0 Å². The van der Waals surface area contributed by atoms with Crippen LogP contribution in [0, 0.1) is 5.92 Å².